The van der Waals surface area contributed by atoms with Crippen LogP contribution in [0.25, 0.3) is 0 Å². The number of methoxy groups -OCH3 is 1. The van der Waals surface area contributed by atoms with Gasteiger partial charge in [0, 0.05) is 39.0 Å². The molecule has 1 heterocycles. The highest BCUT2D eigenvalue weighted by Gasteiger charge is 2.20. The lowest BCUT2D eigenvalue weighted by atomic mass is 10.3. The van der Waals surface area contributed by atoms with Crippen LogP contribution in [0.3, 0.4) is 0 Å². The van der Waals surface area contributed by atoms with E-state index < -0.39 is 10.0 Å². The van der Waals surface area contributed by atoms with Crippen molar-refractivity contribution in [2.75, 3.05) is 33.1 Å². The summed E-state index contributed by atoms with van der Waals surface area (Å²) in [6.07, 6.45) is 2.09. The van der Waals surface area contributed by atoms with E-state index in [0.717, 1.165) is 5.69 Å². The molecule has 0 aromatic carbocycles. The second-order valence-corrected chi connectivity index (χ2v) is 7.71. The van der Waals surface area contributed by atoms with Gasteiger partial charge in [-0.2, -0.15) is 0 Å². The summed E-state index contributed by atoms with van der Waals surface area (Å²) < 4.78 is 30.5. The number of halogens is 1. The maximum absolute atomic E-state index is 12.1. The third kappa shape index (κ3) is 5.99. The Bertz CT molecular complexity index is 467. The van der Waals surface area contributed by atoms with E-state index >= 15 is 0 Å². The number of sulfonamides is 1. The van der Waals surface area contributed by atoms with Crippen molar-refractivity contribution in [3.05, 3.63) is 30.1 Å². The standard InChI is InChI=1S/C12H19BrN2O3S/c1-15(9-11(13)10-18-2)19(16,17)8-6-12-5-3-4-7-14-12/h3-5,7,11H,6,8-10H2,1-2H3. The number of rotatable bonds is 8. The molecule has 19 heavy (non-hydrogen) atoms. The van der Waals surface area contributed by atoms with Gasteiger partial charge < -0.3 is 4.74 Å². The molecule has 0 aliphatic carbocycles. The molecule has 1 aromatic heterocycles. The Labute approximate surface area is 123 Å². The quantitative estimate of drug-likeness (QED) is 0.663. The zero-order valence-electron chi connectivity index (χ0n) is 11.1. The highest BCUT2D eigenvalue weighted by molar-refractivity contribution is 9.09. The van der Waals surface area contributed by atoms with Crippen LogP contribution >= 0.6 is 15.9 Å². The lowest BCUT2D eigenvalue weighted by molar-refractivity contribution is 0.195. The molecule has 1 rings (SSSR count). The molecule has 108 valence electrons. The normalized spacial score (nSPS) is 13.7. The second-order valence-electron chi connectivity index (χ2n) is 4.22. The lowest BCUT2D eigenvalue weighted by Crippen LogP contribution is -2.35. The molecule has 0 radical (unpaired) electrons. The average Bonchev–Trinajstić information content (AvgIpc) is 2.38. The predicted octanol–water partition coefficient (Wildman–Crippen LogP) is 1.30. The minimum absolute atomic E-state index is 0.00729. The van der Waals surface area contributed by atoms with Gasteiger partial charge in [0.05, 0.1) is 17.2 Å². The number of hydrogen-bond acceptors (Lipinski definition) is 4. The van der Waals surface area contributed by atoms with Gasteiger partial charge in [-0.3, -0.25) is 4.98 Å². The van der Waals surface area contributed by atoms with E-state index in [1.165, 1.54) is 4.31 Å². The van der Waals surface area contributed by atoms with Gasteiger partial charge in [-0.1, -0.05) is 22.0 Å². The zero-order valence-corrected chi connectivity index (χ0v) is 13.5. The molecule has 0 saturated heterocycles. The molecule has 1 aromatic rings. The van der Waals surface area contributed by atoms with E-state index in [9.17, 15) is 8.42 Å². The molecule has 0 amide bonds. The smallest absolute Gasteiger partial charge is 0.214 e. The minimum Gasteiger partial charge on any atom is -0.383 e. The third-order valence-corrected chi connectivity index (χ3v) is 4.99. The van der Waals surface area contributed by atoms with E-state index in [2.05, 4.69) is 20.9 Å². The van der Waals surface area contributed by atoms with Gasteiger partial charge in [0.15, 0.2) is 0 Å². The Morgan fingerprint density at radius 1 is 1.47 bits per heavy atom. The van der Waals surface area contributed by atoms with Gasteiger partial charge >= 0.3 is 0 Å². The number of pyridine rings is 1. The third-order valence-electron chi connectivity index (χ3n) is 2.62. The summed E-state index contributed by atoms with van der Waals surface area (Å²) in [5, 5.41) is 0. The van der Waals surface area contributed by atoms with Gasteiger partial charge in [-0.05, 0) is 12.1 Å². The van der Waals surface area contributed by atoms with Crippen molar-refractivity contribution < 1.29 is 13.2 Å². The van der Waals surface area contributed by atoms with Crippen molar-refractivity contribution in [2.24, 2.45) is 0 Å². The highest BCUT2D eigenvalue weighted by Crippen LogP contribution is 2.08. The molecule has 0 aliphatic heterocycles. The summed E-state index contributed by atoms with van der Waals surface area (Å²) in [4.78, 5) is 4.11. The summed E-state index contributed by atoms with van der Waals surface area (Å²) in [6.45, 7) is 0.860. The molecule has 0 fully saturated rings. The van der Waals surface area contributed by atoms with Crippen molar-refractivity contribution in [1.82, 2.24) is 9.29 Å². The fourth-order valence-electron chi connectivity index (χ4n) is 1.56. The maximum Gasteiger partial charge on any atom is 0.214 e. The van der Waals surface area contributed by atoms with Crippen LogP contribution in [-0.2, 0) is 21.2 Å². The summed E-state index contributed by atoms with van der Waals surface area (Å²) in [5.41, 5.74) is 0.784. The van der Waals surface area contributed by atoms with Crippen LogP contribution in [0.5, 0.6) is 0 Å². The Morgan fingerprint density at radius 2 is 2.21 bits per heavy atom. The minimum atomic E-state index is -3.26. The first-order valence-electron chi connectivity index (χ1n) is 5.92. The Balaban J connectivity index is 2.51. The van der Waals surface area contributed by atoms with E-state index in [-0.39, 0.29) is 10.6 Å². The predicted molar refractivity (Wildman–Crippen MR) is 78.9 cm³/mol. The van der Waals surface area contributed by atoms with Gasteiger partial charge in [-0.15, -0.1) is 0 Å². The number of aromatic nitrogens is 1. The Morgan fingerprint density at radius 3 is 2.79 bits per heavy atom. The van der Waals surface area contributed by atoms with Crippen LogP contribution in [-0.4, -0.2) is 55.6 Å². The molecule has 0 spiro atoms. The second kappa shape index (κ2) is 7.94. The number of nitrogens with zero attached hydrogens (tertiary/aromatic N) is 2. The zero-order chi connectivity index (χ0) is 14.3. The molecule has 0 N–H and O–H groups in total. The van der Waals surface area contributed by atoms with Crippen molar-refractivity contribution in [3.8, 4) is 0 Å². The topological polar surface area (TPSA) is 59.5 Å². The summed E-state index contributed by atoms with van der Waals surface area (Å²) in [5.74, 6) is 0.0627. The average molecular weight is 351 g/mol. The number of alkyl halides is 1. The first kappa shape index (κ1) is 16.6. The van der Waals surface area contributed by atoms with Crippen molar-refractivity contribution >= 4 is 26.0 Å². The maximum atomic E-state index is 12.1. The Kier molecular flexibility index (Phi) is 6.92. The molecule has 7 heteroatoms. The van der Waals surface area contributed by atoms with Crippen molar-refractivity contribution in [3.63, 3.8) is 0 Å². The summed E-state index contributed by atoms with van der Waals surface area (Å²) in [7, 11) is -0.0959. The summed E-state index contributed by atoms with van der Waals surface area (Å²) in [6, 6.07) is 5.49. The van der Waals surface area contributed by atoms with Crippen LogP contribution in [0.1, 0.15) is 5.69 Å². The highest BCUT2D eigenvalue weighted by atomic mass is 79.9. The molecule has 5 nitrogen and oxygen atoms in total. The molecule has 1 atom stereocenters. The fraction of sp³-hybridized carbons (Fsp3) is 0.583. The van der Waals surface area contributed by atoms with E-state index in [0.29, 0.717) is 19.6 Å². The van der Waals surface area contributed by atoms with E-state index in [1.807, 2.05) is 18.2 Å². The lowest BCUT2D eigenvalue weighted by Gasteiger charge is -2.19. The number of aryl methyl sites for hydroxylation is 1. The molecule has 0 saturated carbocycles. The van der Waals surface area contributed by atoms with Crippen LogP contribution in [0.2, 0.25) is 0 Å². The fourth-order valence-corrected chi connectivity index (χ4v) is 3.64. The molecular formula is C12H19BrN2O3S. The SMILES string of the molecule is COCC(Br)CN(C)S(=O)(=O)CCc1ccccn1. The van der Waals surface area contributed by atoms with Gasteiger partial charge in [0.2, 0.25) is 10.0 Å². The van der Waals surface area contributed by atoms with E-state index in [1.54, 1.807) is 20.4 Å². The van der Waals surface area contributed by atoms with Crippen LogP contribution in [0.15, 0.2) is 24.4 Å². The first-order chi connectivity index (χ1) is 8.95. The van der Waals surface area contributed by atoms with Crippen LogP contribution in [0.4, 0.5) is 0 Å². The first-order valence-corrected chi connectivity index (χ1v) is 8.45. The number of hydrogen-bond donors (Lipinski definition) is 0. The largest absolute Gasteiger partial charge is 0.383 e. The van der Waals surface area contributed by atoms with Gasteiger partial charge in [0.1, 0.15) is 0 Å². The van der Waals surface area contributed by atoms with Crippen molar-refractivity contribution in [2.45, 2.75) is 11.2 Å². The van der Waals surface area contributed by atoms with Gasteiger partial charge in [-0.25, -0.2) is 12.7 Å². The molecule has 1 unspecified atom stereocenters. The van der Waals surface area contributed by atoms with Crippen LogP contribution in [0, 0.1) is 0 Å². The van der Waals surface area contributed by atoms with Crippen molar-refractivity contribution in [1.29, 1.82) is 0 Å². The van der Waals surface area contributed by atoms with Gasteiger partial charge in [0.25, 0.3) is 0 Å². The van der Waals surface area contributed by atoms with E-state index in [4.69, 9.17) is 4.74 Å². The number of ether oxygens (including phenoxy) is 1. The molecule has 0 bridgehead atoms. The molecule has 0 aliphatic rings. The Hall–Kier alpha value is -0.500. The monoisotopic (exact) mass is 350 g/mol. The van der Waals surface area contributed by atoms with Crippen LogP contribution < -0.4 is 0 Å². The molecular weight excluding hydrogens is 332 g/mol. The summed E-state index contributed by atoms with van der Waals surface area (Å²) >= 11 is 3.38.